The Bertz CT molecular complexity index is 765. The highest BCUT2D eigenvalue weighted by Gasteiger charge is 2.48. The first-order valence-electron chi connectivity index (χ1n) is 8.23. The van der Waals surface area contributed by atoms with Crippen LogP contribution in [0.25, 0.3) is 11.4 Å². The number of nitrogens with zero attached hydrogens (tertiary/aromatic N) is 2. The third kappa shape index (κ3) is 3.52. The third-order valence-electron chi connectivity index (χ3n) is 5.25. The minimum Gasteiger partial charge on any atom is -0.347 e. The first kappa shape index (κ1) is 18.2. The Morgan fingerprint density at radius 1 is 1.36 bits per heavy atom. The molecule has 25 heavy (non-hydrogen) atoms. The second kappa shape index (κ2) is 7.32. The van der Waals surface area contributed by atoms with Crippen molar-refractivity contribution < 1.29 is 9.32 Å². The lowest BCUT2D eigenvalue weighted by molar-refractivity contribution is -0.127. The van der Waals surface area contributed by atoms with Crippen molar-refractivity contribution in [2.24, 2.45) is 23.5 Å². The van der Waals surface area contributed by atoms with Crippen LogP contribution in [0.1, 0.15) is 25.2 Å². The summed E-state index contributed by atoms with van der Waals surface area (Å²) in [5.41, 5.74) is 6.98. The fraction of sp³-hybridized carbons (Fsp3) is 0.471. The molecule has 4 unspecified atom stereocenters. The Labute approximate surface area is 156 Å². The van der Waals surface area contributed by atoms with Crippen molar-refractivity contribution in [3.8, 4) is 11.4 Å². The number of aromatic nitrogens is 2. The van der Waals surface area contributed by atoms with Crippen LogP contribution in [0, 0.1) is 17.8 Å². The molecule has 1 aromatic heterocycles. The molecular weight excluding hydrogens is 363 g/mol. The number of benzene rings is 1. The lowest BCUT2D eigenvalue weighted by Crippen LogP contribution is -2.45. The molecule has 1 aromatic carbocycles. The summed E-state index contributed by atoms with van der Waals surface area (Å²) in [5, 5.41) is 7.44. The normalized spacial score (nSPS) is 27.1. The van der Waals surface area contributed by atoms with Crippen molar-refractivity contribution in [3.05, 3.63) is 35.2 Å². The monoisotopic (exact) mass is 382 g/mol. The van der Waals surface area contributed by atoms with Gasteiger partial charge in [0, 0.05) is 16.6 Å². The van der Waals surface area contributed by atoms with E-state index in [0.29, 0.717) is 28.6 Å². The van der Waals surface area contributed by atoms with Gasteiger partial charge in [0.15, 0.2) is 0 Å². The van der Waals surface area contributed by atoms with Gasteiger partial charge in [-0.1, -0.05) is 28.9 Å². The van der Waals surface area contributed by atoms with Crippen molar-refractivity contribution >= 4 is 29.9 Å². The van der Waals surface area contributed by atoms with Crippen LogP contribution < -0.4 is 11.1 Å². The number of nitrogens with one attached hydrogen (secondary N) is 1. The zero-order valence-electron chi connectivity index (χ0n) is 13.5. The Morgan fingerprint density at radius 3 is 2.88 bits per heavy atom. The molecule has 0 aliphatic heterocycles. The number of carbonyl (C=O) groups excluding carboxylic acids is 1. The summed E-state index contributed by atoms with van der Waals surface area (Å²) < 4.78 is 5.21. The lowest BCUT2D eigenvalue weighted by atomic mass is 9.84. The van der Waals surface area contributed by atoms with Crippen LogP contribution >= 0.6 is 24.0 Å². The molecule has 2 aliphatic carbocycles. The van der Waals surface area contributed by atoms with Gasteiger partial charge in [0.25, 0.3) is 0 Å². The Balaban J connectivity index is 0.00000182. The maximum absolute atomic E-state index is 12.4. The van der Waals surface area contributed by atoms with Crippen LogP contribution in [0.2, 0.25) is 5.02 Å². The van der Waals surface area contributed by atoms with Gasteiger partial charge < -0.3 is 15.6 Å². The molecule has 6 nitrogen and oxygen atoms in total. The highest BCUT2D eigenvalue weighted by atomic mass is 35.5. The van der Waals surface area contributed by atoms with E-state index in [9.17, 15) is 4.79 Å². The smallest absolute Gasteiger partial charge is 0.246 e. The summed E-state index contributed by atoms with van der Waals surface area (Å²) in [7, 11) is 0. The number of halogens is 2. The quantitative estimate of drug-likeness (QED) is 0.847. The summed E-state index contributed by atoms with van der Waals surface area (Å²) in [6.45, 7) is 0.215. The molecular formula is C17H20Cl2N4O2. The van der Waals surface area contributed by atoms with Gasteiger partial charge in [0.2, 0.25) is 17.6 Å². The number of hydrogen-bond acceptors (Lipinski definition) is 5. The predicted molar refractivity (Wildman–Crippen MR) is 96.1 cm³/mol. The van der Waals surface area contributed by atoms with E-state index < -0.39 is 0 Å². The standard InChI is InChI=1S/C17H19ClN4O2.ClH/c18-12-3-1-2-11(7-12)16-21-13(24-22-16)8-20-17(23)14-9-4-5-10(6-9)15(14)19;/h1-3,7,9-10,14-15H,4-6,8,19H2,(H,20,23);1H. The fourth-order valence-electron chi connectivity index (χ4n) is 4.08. The zero-order valence-corrected chi connectivity index (χ0v) is 15.1. The summed E-state index contributed by atoms with van der Waals surface area (Å²) >= 11 is 5.97. The molecule has 4 rings (SSSR count). The van der Waals surface area contributed by atoms with Crippen molar-refractivity contribution in [1.29, 1.82) is 0 Å². The molecule has 2 aliphatic rings. The molecule has 0 saturated heterocycles. The van der Waals surface area contributed by atoms with E-state index >= 15 is 0 Å². The number of hydrogen-bond donors (Lipinski definition) is 2. The predicted octanol–water partition coefficient (Wildman–Crippen LogP) is 2.80. The van der Waals surface area contributed by atoms with Crippen LogP contribution in [-0.4, -0.2) is 22.1 Å². The molecule has 2 aromatic rings. The van der Waals surface area contributed by atoms with Gasteiger partial charge in [0.05, 0.1) is 12.5 Å². The molecule has 8 heteroatoms. The number of carbonyl (C=O) groups is 1. The van der Waals surface area contributed by atoms with Gasteiger partial charge in [-0.2, -0.15) is 4.98 Å². The van der Waals surface area contributed by atoms with E-state index in [4.69, 9.17) is 21.9 Å². The molecule has 1 heterocycles. The average Bonchev–Trinajstić information content (AvgIpc) is 3.28. The summed E-state index contributed by atoms with van der Waals surface area (Å²) in [6, 6.07) is 7.21. The van der Waals surface area contributed by atoms with Crippen molar-refractivity contribution in [1.82, 2.24) is 15.5 Å². The maximum Gasteiger partial charge on any atom is 0.246 e. The van der Waals surface area contributed by atoms with Gasteiger partial charge >= 0.3 is 0 Å². The van der Waals surface area contributed by atoms with Crippen LogP contribution in [-0.2, 0) is 11.3 Å². The molecule has 0 spiro atoms. The maximum atomic E-state index is 12.4. The van der Waals surface area contributed by atoms with E-state index in [0.717, 1.165) is 24.8 Å². The summed E-state index contributed by atoms with van der Waals surface area (Å²) in [4.78, 5) is 16.7. The van der Waals surface area contributed by atoms with E-state index in [-0.39, 0.29) is 36.8 Å². The first-order chi connectivity index (χ1) is 11.6. The lowest BCUT2D eigenvalue weighted by Gasteiger charge is -2.26. The highest BCUT2D eigenvalue weighted by molar-refractivity contribution is 6.30. The van der Waals surface area contributed by atoms with Crippen molar-refractivity contribution in [2.45, 2.75) is 31.8 Å². The molecule has 134 valence electrons. The molecule has 2 saturated carbocycles. The fourth-order valence-corrected chi connectivity index (χ4v) is 4.27. The number of rotatable bonds is 4. The Kier molecular flexibility index (Phi) is 5.32. The van der Waals surface area contributed by atoms with Gasteiger partial charge in [-0.15, -0.1) is 12.4 Å². The highest BCUT2D eigenvalue weighted by Crippen LogP contribution is 2.47. The molecule has 4 atom stereocenters. The Morgan fingerprint density at radius 2 is 2.16 bits per heavy atom. The Hall–Kier alpha value is -1.63. The van der Waals surface area contributed by atoms with E-state index in [2.05, 4.69) is 15.5 Å². The summed E-state index contributed by atoms with van der Waals surface area (Å²) in [6.07, 6.45) is 3.34. The van der Waals surface area contributed by atoms with Gasteiger partial charge in [0.1, 0.15) is 0 Å². The minimum absolute atomic E-state index is 0. The SMILES string of the molecule is Cl.NC1C2CCC(C2)C1C(=O)NCc1nc(-c2cccc(Cl)c2)no1. The molecule has 3 N–H and O–H groups in total. The van der Waals surface area contributed by atoms with Crippen molar-refractivity contribution in [3.63, 3.8) is 0 Å². The van der Waals surface area contributed by atoms with Crippen LogP contribution in [0.15, 0.2) is 28.8 Å². The molecule has 1 amide bonds. The van der Waals surface area contributed by atoms with Crippen LogP contribution in [0.3, 0.4) is 0 Å². The second-order valence-corrected chi connectivity index (χ2v) is 7.11. The molecule has 2 fully saturated rings. The van der Waals surface area contributed by atoms with E-state index in [1.54, 1.807) is 12.1 Å². The first-order valence-corrected chi connectivity index (χ1v) is 8.61. The minimum atomic E-state index is -0.0842. The zero-order chi connectivity index (χ0) is 16.7. The number of fused-ring (bicyclic) bond motifs is 2. The largest absolute Gasteiger partial charge is 0.347 e. The molecule has 2 bridgehead atoms. The van der Waals surface area contributed by atoms with Crippen LogP contribution in [0.4, 0.5) is 0 Å². The second-order valence-electron chi connectivity index (χ2n) is 6.68. The van der Waals surface area contributed by atoms with E-state index in [1.807, 2.05) is 12.1 Å². The van der Waals surface area contributed by atoms with Crippen LogP contribution in [0.5, 0.6) is 0 Å². The topological polar surface area (TPSA) is 94.0 Å². The van der Waals surface area contributed by atoms with Gasteiger partial charge in [-0.3, -0.25) is 4.79 Å². The number of amides is 1. The molecule has 0 radical (unpaired) electrons. The van der Waals surface area contributed by atoms with Gasteiger partial charge in [-0.25, -0.2) is 0 Å². The average molecular weight is 383 g/mol. The van der Waals surface area contributed by atoms with E-state index in [1.165, 1.54) is 0 Å². The summed E-state index contributed by atoms with van der Waals surface area (Å²) in [5.74, 6) is 1.67. The number of nitrogens with two attached hydrogens (primary N) is 1. The third-order valence-corrected chi connectivity index (χ3v) is 5.48. The van der Waals surface area contributed by atoms with Crippen molar-refractivity contribution in [2.75, 3.05) is 0 Å². The van der Waals surface area contributed by atoms with Gasteiger partial charge in [-0.05, 0) is 43.2 Å².